The number of ketones is 1. The second-order valence-electron chi connectivity index (χ2n) is 4.00. The fourth-order valence-corrected chi connectivity index (χ4v) is 1.43. The van der Waals surface area contributed by atoms with Gasteiger partial charge in [0.25, 0.3) is 0 Å². The van der Waals surface area contributed by atoms with Crippen LogP contribution in [0.25, 0.3) is 0 Å². The van der Waals surface area contributed by atoms with Crippen molar-refractivity contribution in [2.45, 2.75) is 33.8 Å². The van der Waals surface area contributed by atoms with E-state index in [0.29, 0.717) is 0 Å². The van der Waals surface area contributed by atoms with Gasteiger partial charge in [-0.1, -0.05) is 13.8 Å². The van der Waals surface area contributed by atoms with Crippen molar-refractivity contribution in [3.63, 3.8) is 0 Å². The molecule has 8 heteroatoms. The molecule has 0 aliphatic heterocycles. The van der Waals surface area contributed by atoms with Crippen LogP contribution in [0, 0.1) is 5.92 Å². The maximum atomic E-state index is 11.3. The number of hydrogen-bond donors (Lipinski definition) is 2. The average Bonchev–Trinajstić information content (AvgIpc) is 2.11. The molecule has 0 aromatic carbocycles. The zero-order valence-electron chi connectivity index (χ0n) is 10.3. The Labute approximate surface area is 101 Å². The molecule has 0 fully saturated rings. The van der Waals surface area contributed by atoms with Gasteiger partial charge in [-0.2, -0.15) is 13.1 Å². The van der Waals surface area contributed by atoms with Crippen LogP contribution in [-0.4, -0.2) is 32.9 Å². The van der Waals surface area contributed by atoms with Crippen molar-refractivity contribution in [2.24, 2.45) is 5.92 Å². The highest BCUT2D eigenvalue weighted by Gasteiger charge is 2.18. The fourth-order valence-electron chi connectivity index (χ4n) is 0.754. The summed E-state index contributed by atoms with van der Waals surface area (Å²) in [5, 5.41) is 0. The molecule has 100 valence electrons. The number of rotatable bonds is 6. The van der Waals surface area contributed by atoms with Crippen molar-refractivity contribution in [3.8, 4) is 0 Å². The fraction of sp³-hybridized carbons (Fsp3) is 0.778. The molecule has 0 heterocycles. The van der Waals surface area contributed by atoms with Gasteiger partial charge >= 0.3 is 16.3 Å². The second-order valence-corrected chi connectivity index (χ2v) is 5.50. The number of Topliss-reactive ketones (excluding diaryl/α,β-unsaturated/α-hetero) is 1. The highest BCUT2D eigenvalue weighted by atomic mass is 32.2. The minimum absolute atomic E-state index is 0.271. The Morgan fingerprint density at radius 1 is 1.18 bits per heavy atom. The van der Waals surface area contributed by atoms with E-state index in [1.807, 2.05) is 4.72 Å². The molecule has 0 rings (SSSR count). The van der Waals surface area contributed by atoms with E-state index in [2.05, 4.69) is 4.74 Å². The number of carbonyl (C=O) groups excluding carboxylic acids is 2. The van der Waals surface area contributed by atoms with E-state index < -0.39 is 22.4 Å². The molecular weight excluding hydrogens is 248 g/mol. The van der Waals surface area contributed by atoms with Crippen LogP contribution in [0.4, 0.5) is 4.79 Å². The molecule has 0 aromatic heterocycles. The van der Waals surface area contributed by atoms with Gasteiger partial charge in [-0.3, -0.25) is 4.79 Å². The molecule has 0 saturated heterocycles. The van der Waals surface area contributed by atoms with Crippen LogP contribution >= 0.6 is 0 Å². The number of amides is 1. The van der Waals surface area contributed by atoms with Gasteiger partial charge in [0, 0.05) is 5.92 Å². The van der Waals surface area contributed by atoms with Crippen molar-refractivity contribution in [3.05, 3.63) is 0 Å². The third-order valence-corrected chi connectivity index (χ3v) is 2.60. The van der Waals surface area contributed by atoms with Crippen molar-refractivity contribution in [1.29, 1.82) is 0 Å². The van der Waals surface area contributed by atoms with Crippen molar-refractivity contribution in [1.82, 2.24) is 9.44 Å². The largest absolute Gasteiger partial charge is 0.446 e. The first kappa shape index (κ1) is 15.9. The van der Waals surface area contributed by atoms with E-state index in [1.165, 1.54) is 0 Å². The van der Waals surface area contributed by atoms with Gasteiger partial charge in [0.05, 0.1) is 12.6 Å². The summed E-state index contributed by atoms with van der Waals surface area (Å²) in [5.74, 6) is -0.548. The summed E-state index contributed by atoms with van der Waals surface area (Å²) >= 11 is 0. The van der Waals surface area contributed by atoms with Crippen LogP contribution in [0.2, 0.25) is 0 Å². The van der Waals surface area contributed by atoms with E-state index in [4.69, 9.17) is 0 Å². The molecule has 17 heavy (non-hydrogen) atoms. The molecular formula is C9H18N2O5S. The highest BCUT2D eigenvalue weighted by Crippen LogP contribution is 1.93. The standard InChI is InChI=1S/C9H18N2O5S/c1-6(2)8(12)5-10-17(14,15)11-9(13)16-7(3)4/h6-7,10H,5H2,1-4H3,(H,11,13). The number of hydrogen-bond acceptors (Lipinski definition) is 5. The Morgan fingerprint density at radius 2 is 1.71 bits per heavy atom. The molecule has 0 saturated carbocycles. The first-order valence-corrected chi connectivity index (χ1v) is 6.63. The van der Waals surface area contributed by atoms with Crippen LogP contribution in [0.1, 0.15) is 27.7 Å². The Kier molecular flexibility index (Phi) is 6.11. The van der Waals surface area contributed by atoms with Crippen LogP contribution in [-0.2, 0) is 19.7 Å². The Balaban J connectivity index is 4.22. The maximum Gasteiger partial charge on any atom is 0.422 e. The third kappa shape index (κ3) is 7.70. The summed E-state index contributed by atoms with van der Waals surface area (Å²) in [6.45, 7) is 6.11. The predicted octanol–water partition coefficient (Wildman–Crippen LogP) is 0.180. The lowest BCUT2D eigenvalue weighted by Crippen LogP contribution is -2.43. The van der Waals surface area contributed by atoms with Crippen LogP contribution in [0.15, 0.2) is 0 Å². The summed E-state index contributed by atoms with van der Waals surface area (Å²) in [7, 11) is -4.05. The normalized spacial score (nSPS) is 11.6. The Morgan fingerprint density at radius 3 is 2.12 bits per heavy atom. The van der Waals surface area contributed by atoms with Gasteiger partial charge in [0.15, 0.2) is 0 Å². The van der Waals surface area contributed by atoms with Crippen molar-refractivity contribution >= 4 is 22.1 Å². The zero-order chi connectivity index (χ0) is 13.6. The lowest BCUT2D eigenvalue weighted by atomic mass is 10.1. The Hall–Kier alpha value is -1.15. The van der Waals surface area contributed by atoms with Gasteiger partial charge < -0.3 is 4.74 Å². The summed E-state index contributed by atoms with van der Waals surface area (Å²) in [4.78, 5) is 22.2. The molecule has 0 spiro atoms. The molecule has 0 atom stereocenters. The monoisotopic (exact) mass is 266 g/mol. The van der Waals surface area contributed by atoms with Crippen LogP contribution in [0.5, 0.6) is 0 Å². The van der Waals surface area contributed by atoms with Gasteiger partial charge in [0.1, 0.15) is 5.78 Å². The molecule has 0 radical (unpaired) electrons. The van der Waals surface area contributed by atoms with Crippen LogP contribution < -0.4 is 9.44 Å². The SMILES string of the molecule is CC(C)OC(=O)NS(=O)(=O)NCC(=O)C(C)C. The van der Waals surface area contributed by atoms with E-state index in [9.17, 15) is 18.0 Å². The number of nitrogens with one attached hydrogen (secondary N) is 2. The first-order valence-electron chi connectivity index (χ1n) is 5.14. The average molecular weight is 266 g/mol. The summed E-state index contributed by atoms with van der Waals surface area (Å²) in [6.07, 6.45) is -1.51. The summed E-state index contributed by atoms with van der Waals surface area (Å²) in [6, 6.07) is 0. The molecule has 1 amide bonds. The minimum Gasteiger partial charge on any atom is -0.446 e. The number of ether oxygens (including phenoxy) is 1. The van der Waals surface area contributed by atoms with E-state index in [1.54, 1.807) is 32.4 Å². The number of carbonyl (C=O) groups is 2. The van der Waals surface area contributed by atoms with E-state index in [0.717, 1.165) is 0 Å². The third-order valence-electron chi connectivity index (χ3n) is 1.64. The maximum absolute atomic E-state index is 11.3. The van der Waals surface area contributed by atoms with Gasteiger partial charge in [-0.15, -0.1) is 0 Å². The van der Waals surface area contributed by atoms with Gasteiger partial charge in [-0.05, 0) is 13.8 Å². The highest BCUT2D eigenvalue weighted by molar-refractivity contribution is 7.88. The van der Waals surface area contributed by atoms with E-state index >= 15 is 0 Å². The summed E-state index contributed by atoms with van der Waals surface area (Å²) in [5.41, 5.74) is 0. The van der Waals surface area contributed by atoms with Gasteiger partial charge in [-0.25, -0.2) is 9.52 Å². The quantitative estimate of drug-likeness (QED) is 0.714. The molecule has 2 N–H and O–H groups in total. The smallest absolute Gasteiger partial charge is 0.422 e. The Bertz CT molecular complexity index is 375. The summed E-state index contributed by atoms with van der Waals surface area (Å²) < 4.78 is 30.7. The molecule has 0 unspecified atom stereocenters. The zero-order valence-corrected chi connectivity index (χ0v) is 11.1. The van der Waals surface area contributed by atoms with Crippen LogP contribution in [0.3, 0.4) is 0 Å². The second kappa shape index (κ2) is 6.55. The predicted molar refractivity (Wildman–Crippen MR) is 61.5 cm³/mol. The van der Waals surface area contributed by atoms with E-state index in [-0.39, 0.29) is 18.2 Å². The molecule has 0 aliphatic rings. The topological polar surface area (TPSA) is 102 Å². The van der Waals surface area contributed by atoms with Crippen molar-refractivity contribution < 1.29 is 22.7 Å². The minimum atomic E-state index is -4.05. The molecule has 0 bridgehead atoms. The lowest BCUT2D eigenvalue weighted by molar-refractivity contribution is -0.120. The van der Waals surface area contributed by atoms with Crippen molar-refractivity contribution in [2.75, 3.05) is 6.54 Å². The molecule has 0 aliphatic carbocycles. The molecule has 0 aromatic rings. The first-order chi connectivity index (χ1) is 7.64. The molecule has 7 nitrogen and oxygen atoms in total. The lowest BCUT2D eigenvalue weighted by Gasteiger charge is -2.11. The van der Waals surface area contributed by atoms with Gasteiger partial charge in [0.2, 0.25) is 0 Å².